The molecule has 19 N–H and O–H groups in total. The van der Waals surface area contributed by atoms with Crippen molar-refractivity contribution in [2.75, 3.05) is 26.2 Å². The lowest BCUT2D eigenvalue weighted by Gasteiger charge is -2.29. The van der Waals surface area contributed by atoms with E-state index >= 15 is 0 Å². The summed E-state index contributed by atoms with van der Waals surface area (Å²) < 4.78 is 0. The smallest absolute Gasteiger partial charge is 0.328 e. The van der Waals surface area contributed by atoms with E-state index in [4.69, 9.17) is 28.7 Å². The molecule has 1 aliphatic rings. The Balaban J connectivity index is 1.97. The Bertz CT molecular complexity index is 2200. The molecule has 0 saturated carbocycles. The van der Waals surface area contributed by atoms with E-state index in [9.17, 15) is 53.7 Å². The fraction of sp³-hybridized carbons (Fsp3) is 0.532. The molecule has 7 amide bonds. The van der Waals surface area contributed by atoms with Gasteiger partial charge in [0.05, 0.1) is 12.6 Å². The van der Waals surface area contributed by atoms with E-state index in [0.717, 1.165) is 0 Å². The van der Waals surface area contributed by atoms with Crippen LogP contribution in [0.3, 0.4) is 0 Å². The van der Waals surface area contributed by atoms with E-state index in [1.54, 1.807) is 44.2 Å². The van der Waals surface area contributed by atoms with Crippen LogP contribution in [0.2, 0.25) is 0 Å². The van der Waals surface area contributed by atoms with Crippen LogP contribution in [0, 0.1) is 5.92 Å². The normalized spacial score (nSPS) is 16.0. The summed E-state index contributed by atoms with van der Waals surface area (Å²) >= 11 is 0. The molecule has 1 heterocycles. The van der Waals surface area contributed by atoms with E-state index < -0.39 is 102 Å². The second-order valence-electron chi connectivity index (χ2n) is 18.0. The van der Waals surface area contributed by atoms with E-state index in [1.165, 1.54) is 36.1 Å². The Hall–Kier alpha value is -7.54. The third-order valence-corrected chi connectivity index (χ3v) is 11.4. The van der Waals surface area contributed by atoms with Crippen LogP contribution >= 0.6 is 0 Å². The zero-order valence-electron chi connectivity index (χ0n) is 40.9. The second-order valence-corrected chi connectivity index (χ2v) is 18.0. The van der Waals surface area contributed by atoms with Gasteiger partial charge >= 0.3 is 5.97 Å². The molecule has 1 saturated heterocycles. The number of nitrogens with two attached hydrogens (primary N) is 5. The van der Waals surface area contributed by atoms with E-state index in [1.807, 2.05) is 0 Å². The number of phenols is 1. The van der Waals surface area contributed by atoms with Gasteiger partial charge in [-0.3, -0.25) is 43.5 Å². The lowest BCUT2D eigenvalue weighted by Crippen LogP contribution is -2.60. The van der Waals surface area contributed by atoms with Crippen LogP contribution in [0.1, 0.15) is 76.8 Å². The molecule has 0 bridgehead atoms. The summed E-state index contributed by atoms with van der Waals surface area (Å²) in [7, 11) is 0. The zero-order valence-corrected chi connectivity index (χ0v) is 40.9. The zero-order chi connectivity index (χ0) is 53.5. The summed E-state index contributed by atoms with van der Waals surface area (Å²) in [6.45, 7) is 4.61. The van der Waals surface area contributed by atoms with Crippen LogP contribution in [-0.4, -0.2) is 154 Å². The van der Waals surface area contributed by atoms with Crippen molar-refractivity contribution in [2.24, 2.45) is 44.6 Å². The molecular formula is C47H72N14O11. The molecule has 3 rings (SSSR count). The number of hydrogen-bond donors (Lipinski definition) is 14. The van der Waals surface area contributed by atoms with Crippen LogP contribution < -0.4 is 60.6 Å². The summed E-state index contributed by atoms with van der Waals surface area (Å²) in [4.78, 5) is 118. The predicted molar refractivity (Wildman–Crippen MR) is 266 cm³/mol. The minimum atomic E-state index is -1.72. The quantitative estimate of drug-likeness (QED) is 0.0215. The molecule has 8 unspecified atom stereocenters. The second kappa shape index (κ2) is 29.6. The van der Waals surface area contributed by atoms with Gasteiger partial charge in [-0.15, -0.1) is 0 Å². The van der Waals surface area contributed by atoms with Gasteiger partial charge in [0.25, 0.3) is 0 Å². The third-order valence-electron chi connectivity index (χ3n) is 11.4. The van der Waals surface area contributed by atoms with Crippen molar-refractivity contribution in [2.45, 2.75) is 127 Å². The minimum absolute atomic E-state index is 0.0258. The number of aliphatic hydroxyl groups is 1. The summed E-state index contributed by atoms with van der Waals surface area (Å²) in [5.41, 5.74) is 29.0. The maximum Gasteiger partial charge on any atom is 0.328 e. The molecule has 396 valence electrons. The lowest BCUT2D eigenvalue weighted by molar-refractivity contribution is -0.143. The third kappa shape index (κ3) is 20.1. The molecule has 25 heteroatoms. The number of aromatic hydroxyl groups is 1. The highest BCUT2D eigenvalue weighted by Crippen LogP contribution is 2.19. The molecule has 0 aliphatic carbocycles. The predicted octanol–water partition coefficient (Wildman–Crippen LogP) is -3.35. The average Bonchev–Trinajstić information content (AvgIpc) is 3.82. The highest BCUT2D eigenvalue weighted by molar-refractivity contribution is 5.98. The molecule has 2 aromatic carbocycles. The summed E-state index contributed by atoms with van der Waals surface area (Å²) in [5, 5.41) is 44.7. The van der Waals surface area contributed by atoms with Gasteiger partial charge in [-0.1, -0.05) is 56.3 Å². The first kappa shape index (κ1) is 58.8. The van der Waals surface area contributed by atoms with Crippen LogP contribution in [0.25, 0.3) is 0 Å². The Morgan fingerprint density at radius 1 is 0.639 bits per heavy atom. The number of benzene rings is 2. The van der Waals surface area contributed by atoms with Crippen LogP contribution in [0.4, 0.5) is 0 Å². The average molecular weight is 1010 g/mol. The number of hydrogen-bond acceptors (Lipinski definition) is 13. The SMILES string of the molecule is CC(C)CC(NC(=O)C(CCCN=C(N)N)NC(=O)C1CCCN1C(=O)C(C)N)C(=O)NC(CCCN=C(N)N)C(=O)NC(Cc1ccccc1)C(=O)NC(Cc1ccc(O)cc1)C(=O)NC(CO)C(=O)O. The highest BCUT2D eigenvalue weighted by Gasteiger charge is 2.38. The summed E-state index contributed by atoms with van der Waals surface area (Å²) in [6, 6.07) is 3.96. The van der Waals surface area contributed by atoms with Crippen molar-refractivity contribution in [3.05, 3.63) is 65.7 Å². The minimum Gasteiger partial charge on any atom is -0.508 e. The first-order valence-electron chi connectivity index (χ1n) is 23.7. The molecule has 0 spiro atoms. The van der Waals surface area contributed by atoms with Gasteiger partial charge in [0.2, 0.25) is 41.4 Å². The summed E-state index contributed by atoms with van der Waals surface area (Å²) in [6.07, 6.45) is 0.913. The van der Waals surface area contributed by atoms with E-state index in [-0.39, 0.29) is 81.6 Å². The highest BCUT2D eigenvalue weighted by atomic mass is 16.4. The molecule has 72 heavy (non-hydrogen) atoms. The number of carbonyl (C=O) groups excluding carboxylic acids is 7. The monoisotopic (exact) mass is 1010 g/mol. The molecule has 8 atom stereocenters. The lowest BCUT2D eigenvalue weighted by atomic mass is 10.00. The fourth-order valence-electron chi connectivity index (χ4n) is 7.76. The van der Waals surface area contributed by atoms with Gasteiger partial charge < -0.3 is 80.8 Å². The Morgan fingerprint density at radius 3 is 1.56 bits per heavy atom. The Morgan fingerprint density at radius 2 is 1.08 bits per heavy atom. The van der Waals surface area contributed by atoms with Crippen LogP contribution in [0.15, 0.2) is 64.6 Å². The number of guanidine groups is 2. The van der Waals surface area contributed by atoms with Crippen molar-refractivity contribution < 1.29 is 53.7 Å². The van der Waals surface area contributed by atoms with Crippen molar-refractivity contribution >= 4 is 59.2 Å². The number of rotatable bonds is 29. The van der Waals surface area contributed by atoms with Gasteiger partial charge in [-0.05, 0) is 81.0 Å². The number of carbonyl (C=O) groups is 8. The first-order chi connectivity index (χ1) is 34.1. The maximum absolute atomic E-state index is 14.5. The van der Waals surface area contributed by atoms with Crippen molar-refractivity contribution in [3.63, 3.8) is 0 Å². The number of nitrogens with one attached hydrogen (secondary N) is 6. The Labute approximate surface area is 417 Å². The van der Waals surface area contributed by atoms with Crippen molar-refractivity contribution in [1.29, 1.82) is 0 Å². The molecular weight excluding hydrogens is 937 g/mol. The number of nitrogens with zero attached hydrogens (tertiary/aromatic N) is 3. The topological polar surface area (TPSA) is 427 Å². The largest absolute Gasteiger partial charge is 0.508 e. The van der Waals surface area contributed by atoms with E-state index in [0.29, 0.717) is 30.5 Å². The number of aliphatic hydroxyl groups excluding tert-OH is 1. The van der Waals surface area contributed by atoms with E-state index in [2.05, 4.69) is 41.9 Å². The van der Waals surface area contributed by atoms with Gasteiger partial charge in [-0.25, -0.2) is 4.79 Å². The first-order valence-corrected chi connectivity index (χ1v) is 23.7. The molecule has 1 aliphatic heterocycles. The Kier molecular flexibility index (Phi) is 24.2. The van der Waals surface area contributed by atoms with Gasteiger partial charge in [0, 0.05) is 32.5 Å². The standard InChI is InChI=1S/C47H72N14O11/c1-26(2)22-33(57-39(65)32(13-8-20-54-47(51)52)56-43(69)37-14-9-21-61(37)44(70)27(3)48)40(66)55-31(12-7-19-53-46(49)50)38(64)58-34(23-28-10-5-4-6-11-28)41(67)59-35(24-29-15-17-30(63)18-16-29)42(68)60-36(25-62)45(71)72/h4-6,10-11,15-18,26-27,31-37,62-63H,7-9,12-14,19-25,48H2,1-3H3,(H,55,66)(H,56,69)(H,57,65)(H,58,64)(H,59,67)(H,60,68)(H,71,72)(H4,49,50,53)(H4,51,52,54). The number of aliphatic carboxylic acids is 1. The summed E-state index contributed by atoms with van der Waals surface area (Å²) in [5.74, 6) is -7.48. The molecule has 1 fully saturated rings. The molecule has 25 nitrogen and oxygen atoms in total. The fourth-order valence-corrected chi connectivity index (χ4v) is 7.76. The van der Waals surface area contributed by atoms with Crippen molar-refractivity contribution in [1.82, 2.24) is 36.8 Å². The number of phenolic OH excluding ortho intramolecular Hbond substituents is 1. The molecule has 0 radical (unpaired) electrons. The number of carboxylic acid groups (broad SMARTS) is 1. The van der Waals surface area contributed by atoms with Gasteiger partial charge in [-0.2, -0.15) is 0 Å². The molecule has 2 aromatic rings. The van der Waals surface area contributed by atoms with Crippen LogP contribution in [0.5, 0.6) is 5.75 Å². The number of amides is 7. The van der Waals surface area contributed by atoms with Gasteiger partial charge in [0.1, 0.15) is 48.0 Å². The van der Waals surface area contributed by atoms with Crippen LogP contribution in [-0.2, 0) is 51.2 Å². The molecule has 0 aromatic heterocycles. The number of carboxylic acids is 1. The van der Waals surface area contributed by atoms with Crippen molar-refractivity contribution in [3.8, 4) is 5.75 Å². The maximum atomic E-state index is 14.5. The number of aliphatic imine (C=N–C) groups is 2. The van der Waals surface area contributed by atoms with Gasteiger partial charge in [0.15, 0.2) is 11.9 Å². The number of likely N-dealkylation sites (tertiary alicyclic amines) is 1.